The number of benzene rings is 1. The second kappa shape index (κ2) is 6.18. The number of hydrogen-bond acceptors (Lipinski definition) is 1. The number of hydrogen-bond donors (Lipinski definition) is 0. The van der Waals surface area contributed by atoms with E-state index in [0.717, 1.165) is 0 Å². The van der Waals surface area contributed by atoms with Crippen LogP contribution in [-0.2, 0) is 0 Å². The smallest absolute Gasteiger partial charge is 0.0937 e. The van der Waals surface area contributed by atoms with Crippen LogP contribution in [0.15, 0.2) is 42.5 Å². The van der Waals surface area contributed by atoms with Gasteiger partial charge in [-0.1, -0.05) is 42.5 Å². The van der Waals surface area contributed by atoms with Gasteiger partial charge in [-0.3, -0.25) is 0 Å². The van der Waals surface area contributed by atoms with Crippen LogP contribution < -0.4 is 0 Å². The zero-order chi connectivity index (χ0) is 9.40. The Labute approximate surface area is 74.0 Å². The van der Waals surface area contributed by atoms with Crippen LogP contribution in [0.5, 0.6) is 0 Å². The Hall–Kier alpha value is -1.55. The fourth-order valence-electron chi connectivity index (χ4n) is 0.534. The first-order valence-electron chi connectivity index (χ1n) is 3.74. The predicted octanol–water partition coefficient (Wildman–Crippen LogP) is 3.08. The minimum absolute atomic E-state index is 0.560. The molecule has 1 nitrogen and oxygen atoms in total. The van der Waals surface area contributed by atoms with Gasteiger partial charge in [0.05, 0.1) is 6.07 Å². The summed E-state index contributed by atoms with van der Waals surface area (Å²) in [6.45, 7) is 7.06. The molecule has 0 N–H and O–H groups in total. The van der Waals surface area contributed by atoms with Crippen LogP contribution in [-0.4, -0.2) is 0 Å². The molecule has 0 heterocycles. The standard InChI is InChI=1S/C7H8.C4H5N/c1-7-5-3-2-4-6-7;1-4(2)3-5/h2-6H,1H3;1H2,2H3. The number of nitrogens with zero attached hydrogens (tertiary/aromatic N) is 1. The Kier molecular flexibility index (Phi) is 5.38. The van der Waals surface area contributed by atoms with Gasteiger partial charge in [0.1, 0.15) is 0 Å². The first-order chi connectivity index (χ1) is 5.66. The van der Waals surface area contributed by atoms with E-state index in [4.69, 9.17) is 5.26 Å². The average Bonchev–Trinajstić information content (AvgIpc) is 2.07. The second-order valence-electron chi connectivity index (χ2n) is 2.55. The van der Waals surface area contributed by atoms with Gasteiger partial charge >= 0.3 is 0 Å². The predicted molar refractivity (Wildman–Crippen MR) is 51.6 cm³/mol. The summed E-state index contributed by atoms with van der Waals surface area (Å²) in [6, 6.07) is 12.1. The molecule has 0 unspecified atom stereocenters. The summed E-state index contributed by atoms with van der Waals surface area (Å²) in [5.41, 5.74) is 1.88. The molecule has 1 rings (SSSR count). The van der Waals surface area contributed by atoms with Crippen LogP contribution in [0.2, 0.25) is 0 Å². The van der Waals surface area contributed by atoms with Crippen molar-refractivity contribution in [1.82, 2.24) is 0 Å². The molecule has 1 aromatic rings. The molecule has 0 radical (unpaired) electrons. The molecule has 0 spiro atoms. The maximum Gasteiger partial charge on any atom is 0.0937 e. The SMILES string of the molecule is C=C(C)C#N.Cc1ccccc1. The molecule has 1 heteroatoms. The van der Waals surface area contributed by atoms with Gasteiger partial charge in [0.25, 0.3) is 0 Å². The third-order valence-corrected chi connectivity index (χ3v) is 1.13. The highest BCUT2D eigenvalue weighted by atomic mass is 14.2. The van der Waals surface area contributed by atoms with Crippen molar-refractivity contribution in [2.24, 2.45) is 0 Å². The quantitative estimate of drug-likeness (QED) is 0.534. The molecule has 0 aliphatic heterocycles. The Morgan fingerprint density at radius 2 is 1.75 bits per heavy atom. The summed E-state index contributed by atoms with van der Waals surface area (Å²) < 4.78 is 0. The highest BCUT2D eigenvalue weighted by Crippen LogP contribution is 1.92. The molecule has 0 amide bonds. The van der Waals surface area contributed by atoms with E-state index >= 15 is 0 Å². The molecule has 0 aliphatic carbocycles. The fourth-order valence-corrected chi connectivity index (χ4v) is 0.534. The third-order valence-electron chi connectivity index (χ3n) is 1.13. The summed E-state index contributed by atoms with van der Waals surface area (Å²) in [5, 5.41) is 7.79. The van der Waals surface area contributed by atoms with E-state index in [-0.39, 0.29) is 0 Å². The normalized spacial score (nSPS) is 7.42. The summed E-state index contributed by atoms with van der Waals surface area (Å²) in [5.74, 6) is 0. The van der Waals surface area contributed by atoms with Gasteiger partial charge in [-0.05, 0) is 13.8 Å². The van der Waals surface area contributed by atoms with Gasteiger partial charge in [0.15, 0.2) is 0 Å². The van der Waals surface area contributed by atoms with E-state index in [1.54, 1.807) is 6.92 Å². The minimum atomic E-state index is 0.560. The Bertz CT molecular complexity index is 267. The lowest BCUT2D eigenvalue weighted by atomic mass is 10.2. The zero-order valence-electron chi connectivity index (χ0n) is 7.54. The van der Waals surface area contributed by atoms with Crippen LogP contribution in [0.3, 0.4) is 0 Å². The molecule has 0 saturated carbocycles. The van der Waals surface area contributed by atoms with Crippen molar-refractivity contribution in [3.63, 3.8) is 0 Å². The first-order valence-corrected chi connectivity index (χ1v) is 3.74. The van der Waals surface area contributed by atoms with Gasteiger partial charge in [-0.2, -0.15) is 5.26 Å². The molecule has 12 heavy (non-hydrogen) atoms. The monoisotopic (exact) mass is 159 g/mol. The number of aryl methyl sites for hydroxylation is 1. The van der Waals surface area contributed by atoms with E-state index in [1.165, 1.54) is 5.56 Å². The lowest BCUT2D eigenvalue weighted by Gasteiger charge is -1.82. The number of nitriles is 1. The molecule has 0 bridgehead atoms. The Balaban J connectivity index is 0.000000217. The number of rotatable bonds is 0. The third kappa shape index (κ3) is 6.57. The maximum atomic E-state index is 7.79. The Morgan fingerprint density at radius 3 is 1.92 bits per heavy atom. The van der Waals surface area contributed by atoms with Crippen LogP contribution >= 0.6 is 0 Å². The molecule has 0 fully saturated rings. The fraction of sp³-hybridized carbons (Fsp3) is 0.182. The molecular formula is C11H13N. The largest absolute Gasteiger partial charge is 0.193 e. The zero-order valence-corrected chi connectivity index (χ0v) is 7.54. The Morgan fingerprint density at radius 1 is 1.33 bits per heavy atom. The van der Waals surface area contributed by atoms with Crippen molar-refractivity contribution in [3.8, 4) is 6.07 Å². The molecule has 1 aromatic carbocycles. The van der Waals surface area contributed by atoms with Crippen LogP contribution in [0, 0.1) is 18.3 Å². The molecule has 0 atom stereocenters. The van der Waals surface area contributed by atoms with Crippen molar-refractivity contribution in [3.05, 3.63) is 48.0 Å². The van der Waals surface area contributed by atoms with Gasteiger partial charge in [-0.25, -0.2) is 0 Å². The van der Waals surface area contributed by atoms with Crippen LogP contribution in [0.4, 0.5) is 0 Å². The maximum absolute atomic E-state index is 7.79. The van der Waals surface area contributed by atoms with E-state index < -0.39 is 0 Å². The summed E-state index contributed by atoms with van der Waals surface area (Å²) in [7, 11) is 0. The topological polar surface area (TPSA) is 23.8 Å². The van der Waals surface area contributed by atoms with Crippen LogP contribution in [0.25, 0.3) is 0 Å². The highest BCUT2D eigenvalue weighted by Gasteiger charge is 1.72. The summed E-state index contributed by atoms with van der Waals surface area (Å²) in [4.78, 5) is 0. The molecule has 0 aliphatic rings. The molecule has 0 saturated heterocycles. The van der Waals surface area contributed by atoms with E-state index in [2.05, 4.69) is 25.6 Å². The van der Waals surface area contributed by atoms with E-state index in [0.29, 0.717) is 5.57 Å². The molecule has 62 valence electrons. The van der Waals surface area contributed by atoms with Crippen molar-refractivity contribution in [2.75, 3.05) is 0 Å². The second-order valence-corrected chi connectivity index (χ2v) is 2.55. The summed E-state index contributed by atoms with van der Waals surface area (Å²) >= 11 is 0. The van der Waals surface area contributed by atoms with Gasteiger partial charge < -0.3 is 0 Å². The van der Waals surface area contributed by atoms with Crippen molar-refractivity contribution >= 4 is 0 Å². The van der Waals surface area contributed by atoms with Gasteiger partial charge in [0, 0.05) is 5.57 Å². The molecular weight excluding hydrogens is 146 g/mol. The first kappa shape index (κ1) is 10.4. The number of allylic oxidation sites excluding steroid dienone is 1. The van der Waals surface area contributed by atoms with Gasteiger partial charge in [-0.15, -0.1) is 0 Å². The van der Waals surface area contributed by atoms with Crippen molar-refractivity contribution in [2.45, 2.75) is 13.8 Å². The summed E-state index contributed by atoms with van der Waals surface area (Å²) in [6.07, 6.45) is 0. The van der Waals surface area contributed by atoms with Crippen LogP contribution in [0.1, 0.15) is 12.5 Å². The van der Waals surface area contributed by atoms with Crippen molar-refractivity contribution < 1.29 is 0 Å². The lowest BCUT2D eigenvalue weighted by molar-refractivity contribution is 1.46. The minimum Gasteiger partial charge on any atom is -0.193 e. The van der Waals surface area contributed by atoms with E-state index in [1.807, 2.05) is 24.3 Å². The molecule has 0 aromatic heterocycles. The average molecular weight is 159 g/mol. The van der Waals surface area contributed by atoms with E-state index in [9.17, 15) is 0 Å². The van der Waals surface area contributed by atoms with Gasteiger partial charge in [0.2, 0.25) is 0 Å². The lowest BCUT2D eigenvalue weighted by Crippen LogP contribution is -1.62. The highest BCUT2D eigenvalue weighted by molar-refractivity contribution is 5.11. The van der Waals surface area contributed by atoms with Crippen molar-refractivity contribution in [1.29, 1.82) is 5.26 Å².